The monoisotopic (exact) mass is 241 g/mol. The standard InChI is InChI=1S/C10H9Cl2N3/c11-7-1-2-9(12)10(5-7)15-8(6-13)3-4-14-15/h1-5H,6,13H2. The van der Waals surface area contributed by atoms with E-state index < -0.39 is 0 Å². The van der Waals surface area contributed by atoms with Gasteiger partial charge < -0.3 is 5.73 Å². The summed E-state index contributed by atoms with van der Waals surface area (Å²) in [5.74, 6) is 0. The highest BCUT2D eigenvalue weighted by Crippen LogP contribution is 2.24. The van der Waals surface area contributed by atoms with Crippen molar-refractivity contribution >= 4 is 23.2 Å². The highest BCUT2D eigenvalue weighted by molar-refractivity contribution is 6.34. The van der Waals surface area contributed by atoms with Gasteiger partial charge in [-0.1, -0.05) is 23.2 Å². The highest BCUT2D eigenvalue weighted by Gasteiger charge is 2.07. The lowest BCUT2D eigenvalue weighted by Crippen LogP contribution is -2.07. The van der Waals surface area contributed by atoms with Gasteiger partial charge in [0, 0.05) is 17.8 Å². The van der Waals surface area contributed by atoms with Gasteiger partial charge in [-0.05, 0) is 24.3 Å². The lowest BCUT2D eigenvalue weighted by molar-refractivity contribution is 0.804. The van der Waals surface area contributed by atoms with Gasteiger partial charge in [0.1, 0.15) is 0 Å². The first-order valence-electron chi connectivity index (χ1n) is 4.41. The number of hydrogen-bond donors (Lipinski definition) is 1. The number of aromatic nitrogens is 2. The minimum Gasteiger partial charge on any atom is -0.325 e. The predicted octanol–water partition coefficient (Wildman–Crippen LogP) is 2.64. The molecule has 5 heteroatoms. The van der Waals surface area contributed by atoms with E-state index >= 15 is 0 Å². The molecule has 0 unspecified atom stereocenters. The quantitative estimate of drug-likeness (QED) is 0.879. The van der Waals surface area contributed by atoms with E-state index in [9.17, 15) is 0 Å². The molecule has 1 heterocycles. The Hall–Kier alpha value is -1.03. The molecular formula is C10H9Cl2N3. The third-order valence-electron chi connectivity index (χ3n) is 2.07. The fraction of sp³-hybridized carbons (Fsp3) is 0.100. The van der Waals surface area contributed by atoms with Crippen molar-refractivity contribution in [3.05, 3.63) is 46.2 Å². The fourth-order valence-electron chi connectivity index (χ4n) is 1.35. The summed E-state index contributed by atoms with van der Waals surface area (Å²) in [6.45, 7) is 0.406. The van der Waals surface area contributed by atoms with Crippen LogP contribution >= 0.6 is 23.2 Å². The van der Waals surface area contributed by atoms with E-state index in [0.717, 1.165) is 11.4 Å². The normalized spacial score (nSPS) is 10.6. The van der Waals surface area contributed by atoms with E-state index in [4.69, 9.17) is 28.9 Å². The van der Waals surface area contributed by atoms with E-state index in [-0.39, 0.29) is 0 Å². The Morgan fingerprint density at radius 1 is 1.27 bits per heavy atom. The first kappa shape index (κ1) is 10.5. The minimum atomic E-state index is 0.406. The smallest absolute Gasteiger partial charge is 0.0850 e. The van der Waals surface area contributed by atoms with Crippen molar-refractivity contribution in [3.8, 4) is 5.69 Å². The summed E-state index contributed by atoms with van der Waals surface area (Å²) >= 11 is 12.0. The van der Waals surface area contributed by atoms with Crippen LogP contribution in [0.1, 0.15) is 5.69 Å². The second-order valence-electron chi connectivity index (χ2n) is 3.03. The van der Waals surface area contributed by atoms with Gasteiger partial charge in [0.15, 0.2) is 0 Å². The molecule has 0 bridgehead atoms. The van der Waals surface area contributed by atoms with E-state index in [1.165, 1.54) is 0 Å². The van der Waals surface area contributed by atoms with Crippen LogP contribution in [-0.4, -0.2) is 9.78 Å². The molecule has 78 valence electrons. The molecule has 0 amide bonds. The third kappa shape index (κ3) is 2.00. The van der Waals surface area contributed by atoms with Gasteiger partial charge in [-0.15, -0.1) is 0 Å². The van der Waals surface area contributed by atoms with Crippen LogP contribution < -0.4 is 5.73 Å². The van der Waals surface area contributed by atoms with Crippen LogP contribution in [-0.2, 0) is 6.54 Å². The number of benzene rings is 1. The van der Waals surface area contributed by atoms with Gasteiger partial charge in [-0.25, -0.2) is 4.68 Å². The zero-order valence-electron chi connectivity index (χ0n) is 7.82. The number of halogens is 2. The summed E-state index contributed by atoms with van der Waals surface area (Å²) in [5, 5.41) is 5.37. The van der Waals surface area contributed by atoms with Crippen LogP contribution in [0.3, 0.4) is 0 Å². The summed E-state index contributed by atoms with van der Waals surface area (Å²) in [4.78, 5) is 0. The molecule has 2 rings (SSSR count). The zero-order chi connectivity index (χ0) is 10.8. The summed E-state index contributed by atoms with van der Waals surface area (Å²) < 4.78 is 1.69. The lowest BCUT2D eigenvalue weighted by Gasteiger charge is -2.08. The average Bonchev–Trinajstić information content (AvgIpc) is 2.69. The fourth-order valence-corrected chi connectivity index (χ4v) is 1.71. The maximum Gasteiger partial charge on any atom is 0.0850 e. The zero-order valence-corrected chi connectivity index (χ0v) is 9.33. The van der Waals surface area contributed by atoms with Crippen molar-refractivity contribution in [1.82, 2.24) is 9.78 Å². The Morgan fingerprint density at radius 3 is 2.80 bits per heavy atom. The Morgan fingerprint density at radius 2 is 2.07 bits per heavy atom. The van der Waals surface area contributed by atoms with Crippen LogP contribution in [0.15, 0.2) is 30.5 Å². The lowest BCUT2D eigenvalue weighted by atomic mass is 10.3. The van der Waals surface area contributed by atoms with Crippen LogP contribution in [0.2, 0.25) is 10.0 Å². The second kappa shape index (κ2) is 4.23. The Bertz CT molecular complexity index is 479. The molecule has 3 nitrogen and oxygen atoms in total. The van der Waals surface area contributed by atoms with Gasteiger partial charge in [0.05, 0.1) is 16.4 Å². The van der Waals surface area contributed by atoms with E-state index in [2.05, 4.69) is 5.10 Å². The van der Waals surface area contributed by atoms with E-state index in [1.807, 2.05) is 6.07 Å². The van der Waals surface area contributed by atoms with Gasteiger partial charge in [-0.2, -0.15) is 5.10 Å². The third-order valence-corrected chi connectivity index (χ3v) is 2.62. The van der Waals surface area contributed by atoms with Crippen LogP contribution in [0.5, 0.6) is 0 Å². The molecule has 1 aromatic heterocycles. The summed E-state index contributed by atoms with van der Waals surface area (Å²) in [5.41, 5.74) is 7.22. The molecule has 0 spiro atoms. The number of nitrogens with zero attached hydrogens (tertiary/aromatic N) is 2. The van der Waals surface area contributed by atoms with Crippen molar-refractivity contribution in [3.63, 3.8) is 0 Å². The molecule has 0 radical (unpaired) electrons. The van der Waals surface area contributed by atoms with Gasteiger partial charge in [0.2, 0.25) is 0 Å². The summed E-state index contributed by atoms with van der Waals surface area (Å²) in [6, 6.07) is 7.08. The minimum absolute atomic E-state index is 0.406. The molecular weight excluding hydrogens is 233 g/mol. The molecule has 0 fully saturated rings. The molecule has 0 aliphatic carbocycles. The van der Waals surface area contributed by atoms with E-state index in [1.54, 1.807) is 29.1 Å². The molecule has 1 aromatic carbocycles. The largest absolute Gasteiger partial charge is 0.325 e. The number of nitrogens with two attached hydrogens (primary N) is 1. The molecule has 0 aliphatic heterocycles. The Balaban J connectivity index is 2.58. The summed E-state index contributed by atoms with van der Waals surface area (Å²) in [7, 11) is 0. The SMILES string of the molecule is NCc1ccnn1-c1cc(Cl)ccc1Cl. The van der Waals surface area contributed by atoms with Crippen LogP contribution in [0, 0.1) is 0 Å². The predicted molar refractivity (Wildman–Crippen MR) is 61.5 cm³/mol. The van der Waals surface area contributed by atoms with Gasteiger partial charge in [0.25, 0.3) is 0 Å². The average molecular weight is 242 g/mol. The van der Waals surface area contributed by atoms with Crippen molar-refractivity contribution in [1.29, 1.82) is 0 Å². The molecule has 15 heavy (non-hydrogen) atoms. The molecule has 2 aromatic rings. The summed E-state index contributed by atoms with van der Waals surface area (Å²) in [6.07, 6.45) is 1.68. The molecule has 0 atom stereocenters. The Kier molecular flexibility index (Phi) is 2.95. The number of hydrogen-bond acceptors (Lipinski definition) is 2. The van der Waals surface area contributed by atoms with Gasteiger partial charge >= 0.3 is 0 Å². The van der Waals surface area contributed by atoms with Crippen molar-refractivity contribution in [2.75, 3.05) is 0 Å². The first-order valence-corrected chi connectivity index (χ1v) is 5.16. The molecule has 0 aliphatic rings. The van der Waals surface area contributed by atoms with Crippen LogP contribution in [0.25, 0.3) is 5.69 Å². The molecule has 0 saturated heterocycles. The first-order chi connectivity index (χ1) is 7.22. The van der Waals surface area contributed by atoms with E-state index in [0.29, 0.717) is 16.6 Å². The number of rotatable bonds is 2. The highest BCUT2D eigenvalue weighted by atomic mass is 35.5. The molecule has 0 saturated carbocycles. The Labute approximate surface area is 97.4 Å². The van der Waals surface area contributed by atoms with Crippen molar-refractivity contribution in [2.24, 2.45) is 5.73 Å². The van der Waals surface area contributed by atoms with Crippen molar-refractivity contribution < 1.29 is 0 Å². The molecule has 2 N–H and O–H groups in total. The van der Waals surface area contributed by atoms with Crippen molar-refractivity contribution in [2.45, 2.75) is 6.54 Å². The van der Waals surface area contributed by atoms with Gasteiger partial charge in [-0.3, -0.25) is 0 Å². The second-order valence-corrected chi connectivity index (χ2v) is 3.88. The maximum absolute atomic E-state index is 6.06. The van der Waals surface area contributed by atoms with Crippen LogP contribution in [0.4, 0.5) is 0 Å². The topological polar surface area (TPSA) is 43.8 Å². The maximum atomic E-state index is 6.06.